The van der Waals surface area contributed by atoms with E-state index < -0.39 is 76.7 Å². The Labute approximate surface area is 539 Å². The summed E-state index contributed by atoms with van der Waals surface area (Å²) in [5, 5.41) is 26.0. The summed E-state index contributed by atoms with van der Waals surface area (Å²) in [5.74, 6) is -4.93. The summed E-state index contributed by atoms with van der Waals surface area (Å²) in [6, 6.07) is 30.1. The number of carbonyl (C=O) groups excluding carboxylic acids is 7. The normalized spacial score (nSPS) is 14.8. The number of aliphatic imine (C=N–C) groups is 2. The number of rotatable bonds is 32. The fourth-order valence-electron chi connectivity index (χ4n) is 11.0. The van der Waals surface area contributed by atoms with Gasteiger partial charge in [-0.15, -0.1) is 24.8 Å². The number of ketones is 2. The van der Waals surface area contributed by atoms with Crippen molar-refractivity contribution in [3.8, 4) is 22.3 Å². The minimum absolute atomic E-state index is 0.0774. The molecule has 0 spiro atoms. The fraction of sp³-hybridized carbons (Fsp3) is 0.441. The number of hydrogen-bond donors (Lipinski definition) is 9. The number of aliphatic carboxylic acids is 1. The van der Waals surface area contributed by atoms with Crippen LogP contribution in [0.1, 0.15) is 126 Å². The van der Waals surface area contributed by atoms with E-state index in [9.17, 15) is 43.5 Å². The van der Waals surface area contributed by atoms with E-state index in [4.69, 9.17) is 25.7 Å². The molecule has 91 heavy (non-hydrogen) atoms. The molecule has 492 valence electrons. The van der Waals surface area contributed by atoms with Crippen molar-refractivity contribution in [2.24, 2.45) is 33.3 Å². The molecule has 2 aliphatic carbocycles. The van der Waals surface area contributed by atoms with Gasteiger partial charge < -0.3 is 62.7 Å². The van der Waals surface area contributed by atoms with E-state index in [1.54, 1.807) is 34.7 Å². The lowest BCUT2D eigenvalue weighted by atomic mass is 9.84. The number of fused-ring (bicyclic) bond motifs is 6. The topological polar surface area (TPSA) is 333 Å². The number of esters is 1. The van der Waals surface area contributed by atoms with E-state index in [0.29, 0.717) is 38.8 Å². The number of alkyl carbamates (subject to hydrolysis) is 2. The Hall–Kier alpha value is -9.05. The summed E-state index contributed by atoms with van der Waals surface area (Å²) >= 11 is 4.64. The number of hydrogen-bond acceptors (Lipinski definition) is 13. The fourth-order valence-corrected chi connectivity index (χ4v) is 11.0. The van der Waals surface area contributed by atoms with Crippen LogP contribution in [0.3, 0.4) is 0 Å². The molecular weight excluding hydrogens is 1180 g/mol. The third-order valence-electron chi connectivity index (χ3n) is 16.2. The molecule has 11 N–H and O–H groups in total. The van der Waals surface area contributed by atoms with Crippen molar-refractivity contribution in [1.29, 1.82) is 0 Å². The molecule has 0 bridgehead atoms. The van der Waals surface area contributed by atoms with Gasteiger partial charge in [-0.1, -0.05) is 123 Å². The Morgan fingerprint density at radius 1 is 0.593 bits per heavy atom. The molecule has 4 aromatic rings. The molecular formula is C68H91ClN10O12. The molecule has 4 aromatic carbocycles. The van der Waals surface area contributed by atoms with Crippen LogP contribution >= 0.6 is 11.6 Å². The van der Waals surface area contributed by atoms with Gasteiger partial charge in [0.05, 0.1) is 7.11 Å². The number of nitrogens with two attached hydrogens (primary N) is 2. The molecule has 6 atom stereocenters. The van der Waals surface area contributed by atoms with Gasteiger partial charge in [0, 0.05) is 70.1 Å². The lowest BCUT2D eigenvalue weighted by Crippen LogP contribution is -2.53. The molecule has 2 aliphatic rings. The molecule has 0 saturated heterocycles. The van der Waals surface area contributed by atoms with Gasteiger partial charge >= 0.3 is 24.1 Å². The smallest absolute Gasteiger partial charge is 0.407 e. The first-order chi connectivity index (χ1) is 43.6. The van der Waals surface area contributed by atoms with E-state index in [1.807, 2.05) is 84.9 Å². The molecule has 0 unspecified atom stereocenters. The summed E-state index contributed by atoms with van der Waals surface area (Å²) < 4.78 is 16.2. The number of ether oxygens (including phenoxy) is 3. The van der Waals surface area contributed by atoms with Gasteiger partial charge in [0.25, 0.3) is 0 Å². The number of nitrogens with zero attached hydrogens (tertiary/aromatic N) is 2. The maximum atomic E-state index is 13.8. The van der Waals surface area contributed by atoms with Crippen LogP contribution < -0.4 is 43.4 Å². The summed E-state index contributed by atoms with van der Waals surface area (Å²) in [7, 11) is 4.34. The van der Waals surface area contributed by atoms with E-state index in [-0.39, 0.29) is 81.3 Å². The number of benzene rings is 4. The van der Waals surface area contributed by atoms with Crippen LogP contribution in [-0.2, 0) is 43.0 Å². The molecule has 4 amide bonds. The van der Waals surface area contributed by atoms with Crippen LogP contribution in [0, 0.1) is 11.8 Å². The van der Waals surface area contributed by atoms with Crippen molar-refractivity contribution in [1.82, 2.24) is 31.9 Å². The molecule has 0 saturated carbocycles. The number of methoxy groups -OCH3 is 1. The van der Waals surface area contributed by atoms with Crippen molar-refractivity contribution in [3.63, 3.8) is 0 Å². The second-order valence-corrected chi connectivity index (χ2v) is 22.4. The standard InChI is InChI=1S/C34H45N5O6.C33H43N5O6.CH3Cl/c1-6-18-34(3,39-33(43)45-21-27-25-16-10-8-14-23(25)24-15-9-11-17-26(24)27)29(40)20-22(13-12-19-37-32(35)36-4)30(41)38-28(7-2)31(42)44-5;1-5-17-33(3,28(39)19-21(12-11-18-36-31(34)35-4)29(40)37-27(6-2)30(41)42)38-32(43)44-20-26-24-15-9-7-13-22(24)23-14-8-10-16-25(23)26;1-2/h6,8-11,14-17,22,27-28H,1,7,12-13,18-21H2,2-5H3,(H,38,41)(H,39,43)(H3,35,36,37);5,7-10,13-16,21,26-27H,1,6,11-12,17-20H2,2-4H3,(H,37,40)(H,38,43)(H,41,42)(H3,34,35,36);1H3/t22-,28+,34-;21-,27+,33-;/m11./s1. The summed E-state index contributed by atoms with van der Waals surface area (Å²) in [5.41, 5.74) is 17.3. The molecule has 0 radical (unpaired) electrons. The van der Waals surface area contributed by atoms with Crippen LogP contribution in [0.25, 0.3) is 22.3 Å². The van der Waals surface area contributed by atoms with Gasteiger partial charge in [-0.3, -0.25) is 29.2 Å². The molecule has 0 heterocycles. The maximum Gasteiger partial charge on any atom is 0.407 e. The summed E-state index contributed by atoms with van der Waals surface area (Å²) in [4.78, 5) is 112. The van der Waals surface area contributed by atoms with Gasteiger partial charge in [-0.25, -0.2) is 19.2 Å². The Balaban J connectivity index is 0.000000378. The van der Waals surface area contributed by atoms with E-state index in [2.05, 4.69) is 78.8 Å². The molecule has 0 fully saturated rings. The highest BCUT2D eigenvalue weighted by Gasteiger charge is 2.40. The van der Waals surface area contributed by atoms with Gasteiger partial charge in [0.15, 0.2) is 23.5 Å². The van der Waals surface area contributed by atoms with Crippen molar-refractivity contribution >= 4 is 71.0 Å². The van der Waals surface area contributed by atoms with E-state index in [0.717, 1.165) is 44.5 Å². The average Bonchev–Trinajstić information content (AvgIpc) is 1.64. The largest absolute Gasteiger partial charge is 0.480 e. The maximum absolute atomic E-state index is 13.8. The Bertz CT molecular complexity index is 3140. The van der Waals surface area contributed by atoms with Crippen molar-refractivity contribution < 1.29 is 57.7 Å². The number of alkyl halides is 1. The average molecular weight is 1280 g/mol. The number of carbonyl (C=O) groups is 8. The van der Waals surface area contributed by atoms with Crippen LogP contribution in [0.15, 0.2) is 132 Å². The zero-order valence-corrected chi connectivity index (χ0v) is 54.3. The molecule has 6 rings (SSSR count). The highest BCUT2D eigenvalue weighted by atomic mass is 35.5. The van der Waals surface area contributed by atoms with Crippen molar-refractivity contribution in [2.45, 2.75) is 127 Å². The summed E-state index contributed by atoms with van der Waals surface area (Å²) in [6.07, 6.45) is 4.87. The Morgan fingerprint density at radius 2 is 0.923 bits per heavy atom. The number of amides is 4. The van der Waals surface area contributed by atoms with Gasteiger partial charge in [0.2, 0.25) is 11.8 Å². The Kier molecular flexibility index (Phi) is 30.4. The van der Waals surface area contributed by atoms with Crippen LogP contribution in [0.4, 0.5) is 9.59 Å². The molecule has 0 aromatic heterocycles. The minimum atomic E-state index is -1.41. The van der Waals surface area contributed by atoms with E-state index in [1.165, 1.54) is 32.7 Å². The highest BCUT2D eigenvalue weighted by molar-refractivity contribution is 6.15. The number of guanidine groups is 2. The second-order valence-electron chi connectivity index (χ2n) is 22.4. The third-order valence-corrected chi connectivity index (χ3v) is 16.2. The van der Waals surface area contributed by atoms with Gasteiger partial charge in [-0.05, 0) is 110 Å². The lowest BCUT2D eigenvalue weighted by Gasteiger charge is -2.30. The molecule has 0 aliphatic heterocycles. The number of Topliss-reactive ketones (excluding diaryl/α,β-unsaturated/α-hetero) is 2. The predicted molar refractivity (Wildman–Crippen MR) is 355 cm³/mol. The highest BCUT2D eigenvalue weighted by Crippen LogP contribution is 2.46. The van der Waals surface area contributed by atoms with Crippen LogP contribution in [-0.4, -0.2) is 142 Å². The molecule has 23 heteroatoms. The van der Waals surface area contributed by atoms with Gasteiger partial charge in [-0.2, -0.15) is 0 Å². The van der Waals surface area contributed by atoms with Crippen molar-refractivity contribution in [3.05, 3.63) is 145 Å². The van der Waals surface area contributed by atoms with Crippen LogP contribution in [0.5, 0.6) is 0 Å². The van der Waals surface area contributed by atoms with Crippen LogP contribution in [0.2, 0.25) is 0 Å². The Morgan fingerprint density at radius 3 is 1.22 bits per heavy atom. The number of carboxylic acids is 1. The first kappa shape index (κ1) is 74.4. The minimum Gasteiger partial charge on any atom is -0.480 e. The van der Waals surface area contributed by atoms with Gasteiger partial charge in [0.1, 0.15) is 36.4 Å². The number of halogens is 1. The zero-order valence-electron chi connectivity index (χ0n) is 53.5. The third kappa shape index (κ3) is 21.0. The zero-order chi connectivity index (χ0) is 67.3. The first-order valence-electron chi connectivity index (χ1n) is 30.4. The predicted octanol–water partition coefficient (Wildman–Crippen LogP) is 8.40. The quantitative estimate of drug-likeness (QED) is 0.00421. The first-order valence-corrected chi connectivity index (χ1v) is 31.1. The van der Waals surface area contributed by atoms with Crippen molar-refractivity contribution in [2.75, 3.05) is 53.9 Å². The lowest BCUT2D eigenvalue weighted by molar-refractivity contribution is -0.146. The SMILES string of the molecule is C=CC[C@@](C)(NC(=O)OCC1c2ccccc2-c2ccccc21)C(=O)C[C@@H](CCCNC(N)=NC)C(=O)N[C@@H](CC)C(=O)O.C=CC[C@@](C)(NC(=O)OCC1c2ccccc2-c2ccccc21)C(=O)C[C@@H](CCCNC(N)=NC)C(=O)N[C@@H](CC)C(=O)OC.CCl. The second kappa shape index (κ2) is 37.2. The van der Waals surface area contributed by atoms with E-state index >= 15 is 0 Å². The molecule has 22 nitrogen and oxygen atoms in total. The summed E-state index contributed by atoms with van der Waals surface area (Å²) in [6.45, 7) is 15.1. The number of nitrogens with one attached hydrogen (secondary N) is 6. The monoisotopic (exact) mass is 1270 g/mol. The number of carboxylic acid groups (broad SMARTS) is 1.